The van der Waals surface area contributed by atoms with E-state index in [4.69, 9.17) is 11.6 Å². The molecule has 3 nitrogen and oxygen atoms in total. The first-order valence-electron chi connectivity index (χ1n) is 5.74. The Morgan fingerprint density at radius 2 is 2.27 bits per heavy atom. The van der Waals surface area contributed by atoms with Crippen molar-refractivity contribution in [3.8, 4) is 0 Å². The highest BCUT2D eigenvalue weighted by Gasteiger charge is 2.35. The van der Waals surface area contributed by atoms with Gasteiger partial charge < -0.3 is 10.0 Å². The van der Waals surface area contributed by atoms with Gasteiger partial charge in [-0.05, 0) is 31.6 Å². The first-order chi connectivity index (χ1) is 7.20. The summed E-state index contributed by atoms with van der Waals surface area (Å²) in [5, 5.41) is 9.59. The van der Waals surface area contributed by atoms with Gasteiger partial charge in [-0.1, -0.05) is 0 Å². The summed E-state index contributed by atoms with van der Waals surface area (Å²) in [6.07, 6.45) is 4.08. The maximum Gasteiger partial charge on any atom is 0.223 e. The Morgan fingerprint density at radius 3 is 2.87 bits per heavy atom. The summed E-state index contributed by atoms with van der Waals surface area (Å²) in [7, 11) is 0. The zero-order chi connectivity index (χ0) is 10.8. The summed E-state index contributed by atoms with van der Waals surface area (Å²) in [6.45, 7) is 0.791. The van der Waals surface area contributed by atoms with E-state index in [0.29, 0.717) is 18.2 Å². The molecule has 0 radical (unpaired) electrons. The van der Waals surface area contributed by atoms with E-state index in [-0.39, 0.29) is 18.1 Å². The predicted octanol–water partition coefficient (Wildman–Crippen LogP) is 1.38. The van der Waals surface area contributed by atoms with Gasteiger partial charge in [0.2, 0.25) is 5.91 Å². The van der Waals surface area contributed by atoms with Crippen molar-refractivity contribution in [3.05, 3.63) is 0 Å². The molecule has 0 bridgehead atoms. The molecule has 15 heavy (non-hydrogen) atoms. The highest BCUT2D eigenvalue weighted by molar-refractivity contribution is 6.18. The van der Waals surface area contributed by atoms with Crippen molar-refractivity contribution >= 4 is 17.5 Å². The summed E-state index contributed by atoms with van der Waals surface area (Å²) in [6, 6.07) is 0.259. The van der Waals surface area contributed by atoms with Gasteiger partial charge in [0.05, 0.1) is 6.10 Å². The van der Waals surface area contributed by atoms with Gasteiger partial charge >= 0.3 is 0 Å². The van der Waals surface area contributed by atoms with Crippen LogP contribution in [0.5, 0.6) is 0 Å². The fraction of sp³-hybridized carbons (Fsp3) is 0.909. The van der Waals surface area contributed by atoms with Gasteiger partial charge in [-0.3, -0.25) is 4.79 Å². The van der Waals surface area contributed by atoms with E-state index in [1.54, 1.807) is 0 Å². The number of rotatable bonds is 2. The van der Waals surface area contributed by atoms with Crippen molar-refractivity contribution < 1.29 is 9.90 Å². The number of aliphatic hydroxyl groups excluding tert-OH is 1. The molecule has 2 fully saturated rings. The van der Waals surface area contributed by atoms with Gasteiger partial charge in [-0.25, -0.2) is 0 Å². The minimum absolute atomic E-state index is 0.216. The maximum absolute atomic E-state index is 11.7. The first-order valence-corrected chi connectivity index (χ1v) is 6.27. The van der Waals surface area contributed by atoms with Crippen LogP contribution in [0, 0.1) is 5.92 Å². The summed E-state index contributed by atoms with van der Waals surface area (Å²) < 4.78 is 0. The van der Waals surface area contributed by atoms with Crippen molar-refractivity contribution in [3.63, 3.8) is 0 Å². The number of nitrogens with zero attached hydrogens (tertiary/aromatic N) is 1. The van der Waals surface area contributed by atoms with Gasteiger partial charge in [-0.15, -0.1) is 11.6 Å². The van der Waals surface area contributed by atoms with E-state index >= 15 is 0 Å². The van der Waals surface area contributed by atoms with Gasteiger partial charge in [0.1, 0.15) is 0 Å². The van der Waals surface area contributed by atoms with Crippen LogP contribution in [-0.2, 0) is 4.79 Å². The third-order valence-electron chi connectivity index (χ3n) is 3.52. The van der Waals surface area contributed by atoms with Crippen molar-refractivity contribution in [2.45, 2.75) is 44.2 Å². The molecule has 0 aromatic carbocycles. The van der Waals surface area contributed by atoms with E-state index in [1.165, 1.54) is 0 Å². The number of aliphatic hydroxyl groups is 1. The van der Waals surface area contributed by atoms with Crippen LogP contribution in [0.3, 0.4) is 0 Å². The van der Waals surface area contributed by atoms with Gasteiger partial charge in [0, 0.05) is 24.9 Å². The third-order valence-corrected chi connectivity index (χ3v) is 3.95. The zero-order valence-corrected chi connectivity index (χ0v) is 9.62. The molecule has 1 N–H and O–H groups in total. The Kier molecular flexibility index (Phi) is 3.52. The maximum atomic E-state index is 11.7. The molecular formula is C11H18ClNO2. The molecule has 0 spiro atoms. The highest BCUT2D eigenvalue weighted by atomic mass is 35.5. The normalized spacial score (nSPS) is 37.3. The molecule has 4 heteroatoms. The van der Waals surface area contributed by atoms with E-state index in [1.807, 2.05) is 4.90 Å². The van der Waals surface area contributed by atoms with Gasteiger partial charge in [0.25, 0.3) is 0 Å². The SMILES string of the molecule is O=C1CC(CCl)CN1C1CCCC(O)C1. The molecule has 0 aromatic heterocycles. The van der Waals surface area contributed by atoms with Crippen molar-refractivity contribution in [1.29, 1.82) is 0 Å². The fourth-order valence-corrected chi connectivity index (χ4v) is 2.89. The number of likely N-dealkylation sites (tertiary alicyclic amines) is 1. The molecule has 1 aliphatic carbocycles. The quantitative estimate of drug-likeness (QED) is 0.730. The average molecular weight is 232 g/mol. The lowest BCUT2D eigenvalue weighted by molar-refractivity contribution is -0.130. The van der Waals surface area contributed by atoms with Gasteiger partial charge in [-0.2, -0.15) is 0 Å². The second-order valence-corrected chi connectivity index (χ2v) is 5.05. The number of hydrogen-bond acceptors (Lipinski definition) is 2. The van der Waals surface area contributed by atoms with Crippen LogP contribution in [0.25, 0.3) is 0 Å². The van der Waals surface area contributed by atoms with E-state index in [9.17, 15) is 9.90 Å². The number of alkyl halides is 1. The van der Waals surface area contributed by atoms with Crippen LogP contribution in [0.1, 0.15) is 32.1 Å². The summed E-state index contributed by atoms with van der Waals surface area (Å²) in [5.41, 5.74) is 0. The lowest BCUT2D eigenvalue weighted by Crippen LogP contribution is -2.41. The Hall–Kier alpha value is -0.280. The number of hydrogen-bond donors (Lipinski definition) is 1. The average Bonchev–Trinajstić information content (AvgIpc) is 2.60. The number of amides is 1. The van der Waals surface area contributed by atoms with Crippen LogP contribution >= 0.6 is 11.6 Å². The van der Waals surface area contributed by atoms with E-state index in [2.05, 4.69) is 0 Å². The van der Waals surface area contributed by atoms with Crippen LogP contribution in [-0.4, -0.2) is 40.5 Å². The van der Waals surface area contributed by atoms with Crippen LogP contribution in [0.15, 0.2) is 0 Å². The summed E-state index contributed by atoms with van der Waals surface area (Å²) >= 11 is 5.78. The Balaban J connectivity index is 1.95. The Labute approximate surface area is 95.4 Å². The van der Waals surface area contributed by atoms with Gasteiger partial charge in [0.15, 0.2) is 0 Å². The van der Waals surface area contributed by atoms with Crippen LogP contribution < -0.4 is 0 Å². The Morgan fingerprint density at radius 1 is 1.47 bits per heavy atom. The molecule has 1 amide bonds. The monoisotopic (exact) mass is 231 g/mol. The molecule has 1 aliphatic heterocycles. The fourth-order valence-electron chi connectivity index (χ4n) is 2.69. The second-order valence-electron chi connectivity index (χ2n) is 4.74. The van der Waals surface area contributed by atoms with Crippen molar-refractivity contribution in [2.24, 2.45) is 5.92 Å². The van der Waals surface area contributed by atoms with Crippen molar-refractivity contribution in [1.82, 2.24) is 4.90 Å². The number of carbonyl (C=O) groups is 1. The molecule has 3 atom stereocenters. The van der Waals surface area contributed by atoms with Crippen LogP contribution in [0.4, 0.5) is 0 Å². The highest BCUT2D eigenvalue weighted by Crippen LogP contribution is 2.29. The zero-order valence-electron chi connectivity index (χ0n) is 8.86. The standard InChI is InChI=1S/C11H18ClNO2/c12-6-8-4-11(15)13(7-8)9-2-1-3-10(14)5-9/h8-10,14H,1-7H2. The molecule has 2 aliphatic rings. The molecular weight excluding hydrogens is 214 g/mol. The molecule has 0 aromatic rings. The predicted molar refractivity (Wildman–Crippen MR) is 58.8 cm³/mol. The second kappa shape index (κ2) is 4.71. The summed E-state index contributed by atoms with van der Waals surface area (Å²) in [5.74, 6) is 1.11. The van der Waals surface area contributed by atoms with E-state index in [0.717, 1.165) is 32.2 Å². The molecule has 86 valence electrons. The topological polar surface area (TPSA) is 40.5 Å². The van der Waals surface area contributed by atoms with Crippen LogP contribution in [0.2, 0.25) is 0 Å². The molecule has 1 saturated heterocycles. The van der Waals surface area contributed by atoms with Crippen molar-refractivity contribution in [2.75, 3.05) is 12.4 Å². The molecule has 1 heterocycles. The largest absolute Gasteiger partial charge is 0.393 e. The minimum atomic E-state index is -0.216. The lowest BCUT2D eigenvalue weighted by atomic mass is 9.92. The first kappa shape index (κ1) is 11.2. The molecule has 1 saturated carbocycles. The lowest BCUT2D eigenvalue weighted by Gasteiger charge is -2.33. The van der Waals surface area contributed by atoms with E-state index < -0.39 is 0 Å². The Bertz CT molecular complexity index is 247. The minimum Gasteiger partial charge on any atom is -0.393 e. The molecule has 3 unspecified atom stereocenters. The third kappa shape index (κ3) is 2.45. The number of carbonyl (C=O) groups excluding carboxylic acids is 1. The molecule has 2 rings (SSSR count). The number of halogens is 1. The smallest absolute Gasteiger partial charge is 0.223 e. The summed E-state index contributed by atoms with van der Waals surface area (Å²) in [4.78, 5) is 13.7.